The quantitative estimate of drug-likeness (QED) is 0.457. The summed E-state index contributed by atoms with van der Waals surface area (Å²) in [6.45, 7) is 6.67. The monoisotopic (exact) mass is 256 g/mol. The maximum absolute atomic E-state index is 9.93. The molecule has 92 valence electrons. The van der Waals surface area contributed by atoms with Gasteiger partial charge in [0.15, 0.2) is 0 Å². The molecule has 0 saturated carbocycles. The van der Waals surface area contributed by atoms with Gasteiger partial charge in [-0.1, -0.05) is 40.0 Å². The summed E-state index contributed by atoms with van der Waals surface area (Å²) >= 11 is 0. The van der Waals surface area contributed by atoms with E-state index in [2.05, 4.69) is 20.8 Å². The zero-order chi connectivity index (χ0) is 12.1. The van der Waals surface area contributed by atoms with E-state index in [-0.39, 0.29) is 57.8 Å². The normalized spacial score (nSPS) is 9.06. The molecule has 0 amide bonds. The Bertz CT molecular complexity index is 136. The van der Waals surface area contributed by atoms with Crippen LogP contribution in [0.1, 0.15) is 59.3 Å². The van der Waals surface area contributed by atoms with Gasteiger partial charge in [0.1, 0.15) is 0 Å². The number of carbonyl (C=O) groups is 1. The van der Waals surface area contributed by atoms with Crippen molar-refractivity contribution in [2.45, 2.75) is 59.3 Å². The smallest absolute Gasteiger partial charge is 0.550 e. The third-order valence-electron chi connectivity index (χ3n) is 1.92. The summed E-state index contributed by atoms with van der Waals surface area (Å²) in [5, 5.41) is 18.0. The first kappa shape index (κ1) is 22.3. The van der Waals surface area contributed by atoms with Gasteiger partial charge < -0.3 is 15.0 Å². The summed E-state index contributed by atoms with van der Waals surface area (Å²) in [6, 6.07) is 0. The Labute approximate surface area is 142 Å². The third kappa shape index (κ3) is 29.4. The number of aliphatic hydroxyl groups is 1. The standard InChI is InChI=1S/C8H16O2.C4H10O.K/c1-7(2)5-3-4-6-8(9)10;1-2-3-4-5;/h7H,3-6H2,1-2H3,(H,9,10);5H,2-4H2,1H3;/q;;+1/p-1. The predicted molar refractivity (Wildman–Crippen MR) is 60.3 cm³/mol. The molecule has 0 heterocycles. The SMILES string of the molecule is CC(C)CCCCC(=O)[O-].CCCCO.[K+]. The maximum atomic E-state index is 9.93. The Morgan fingerprint density at radius 3 is 2.06 bits per heavy atom. The van der Waals surface area contributed by atoms with E-state index >= 15 is 0 Å². The number of hydrogen-bond donors (Lipinski definition) is 1. The second-order valence-corrected chi connectivity index (χ2v) is 4.09. The molecule has 0 aliphatic carbocycles. The zero-order valence-electron chi connectivity index (χ0n) is 11.3. The fourth-order valence-corrected chi connectivity index (χ4v) is 0.980. The van der Waals surface area contributed by atoms with Gasteiger partial charge >= 0.3 is 51.4 Å². The second kappa shape index (κ2) is 18.4. The Balaban J connectivity index is -0.000000242. The van der Waals surface area contributed by atoms with E-state index in [9.17, 15) is 9.90 Å². The first-order valence-corrected chi connectivity index (χ1v) is 5.85. The minimum absolute atomic E-state index is 0. The van der Waals surface area contributed by atoms with Crippen LogP contribution < -0.4 is 56.5 Å². The average molecular weight is 256 g/mol. The molecule has 0 aromatic heterocycles. The molecular weight excluding hydrogens is 231 g/mol. The zero-order valence-corrected chi connectivity index (χ0v) is 14.4. The van der Waals surface area contributed by atoms with Gasteiger partial charge in [-0.3, -0.25) is 0 Å². The predicted octanol–water partition coefficient (Wildman–Crippen LogP) is -1.26. The first-order chi connectivity index (χ1) is 7.04. The molecule has 0 aromatic carbocycles. The molecule has 0 rings (SSSR count). The van der Waals surface area contributed by atoms with Gasteiger partial charge in [-0.05, 0) is 25.2 Å². The number of hydrogen-bond acceptors (Lipinski definition) is 3. The van der Waals surface area contributed by atoms with E-state index in [0.29, 0.717) is 12.5 Å². The van der Waals surface area contributed by atoms with Crippen molar-refractivity contribution in [2.75, 3.05) is 6.61 Å². The van der Waals surface area contributed by atoms with Crippen molar-refractivity contribution < 1.29 is 66.4 Å². The van der Waals surface area contributed by atoms with Crippen molar-refractivity contribution in [3.63, 3.8) is 0 Å². The van der Waals surface area contributed by atoms with Gasteiger partial charge in [-0.25, -0.2) is 0 Å². The first-order valence-electron chi connectivity index (χ1n) is 5.85. The average Bonchev–Trinajstić information content (AvgIpc) is 2.14. The number of rotatable bonds is 7. The van der Waals surface area contributed by atoms with E-state index in [1.54, 1.807) is 0 Å². The van der Waals surface area contributed by atoms with Crippen LogP contribution in [0.5, 0.6) is 0 Å². The topological polar surface area (TPSA) is 60.4 Å². The van der Waals surface area contributed by atoms with Gasteiger partial charge in [0.2, 0.25) is 0 Å². The molecule has 0 bridgehead atoms. The molecule has 0 aromatic rings. The second-order valence-electron chi connectivity index (χ2n) is 4.09. The molecule has 16 heavy (non-hydrogen) atoms. The van der Waals surface area contributed by atoms with Crippen LogP contribution in [0.3, 0.4) is 0 Å². The van der Waals surface area contributed by atoms with Crippen molar-refractivity contribution in [3.8, 4) is 0 Å². The Kier molecular flexibility index (Phi) is 25.6. The van der Waals surface area contributed by atoms with E-state index in [1.807, 2.05) is 0 Å². The number of aliphatic carboxylic acids is 1. The van der Waals surface area contributed by atoms with Crippen LogP contribution in [0.4, 0.5) is 0 Å². The number of unbranched alkanes of at least 4 members (excludes halogenated alkanes) is 2. The maximum Gasteiger partial charge on any atom is 1.00 e. The van der Waals surface area contributed by atoms with Crippen molar-refractivity contribution >= 4 is 5.97 Å². The Morgan fingerprint density at radius 1 is 1.25 bits per heavy atom. The number of aliphatic hydroxyl groups excluding tert-OH is 1. The summed E-state index contributed by atoms with van der Waals surface area (Å²) in [6.07, 6.45) is 5.14. The molecule has 0 atom stereocenters. The molecule has 4 heteroatoms. The van der Waals surface area contributed by atoms with Gasteiger partial charge in [0.25, 0.3) is 0 Å². The van der Waals surface area contributed by atoms with Crippen molar-refractivity contribution in [1.82, 2.24) is 0 Å². The summed E-state index contributed by atoms with van der Waals surface area (Å²) in [5.74, 6) is -0.245. The van der Waals surface area contributed by atoms with Crippen LogP contribution in [-0.2, 0) is 4.79 Å². The van der Waals surface area contributed by atoms with Crippen LogP contribution in [0.25, 0.3) is 0 Å². The van der Waals surface area contributed by atoms with Crippen LogP contribution in [-0.4, -0.2) is 17.7 Å². The molecule has 1 N–H and O–H groups in total. The summed E-state index contributed by atoms with van der Waals surface area (Å²) in [5.41, 5.74) is 0. The summed E-state index contributed by atoms with van der Waals surface area (Å²) in [4.78, 5) is 9.93. The van der Waals surface area contributed by atoms with Gasteiger partial charge in [0.05, 0.1) is 0 Å². The van der Waals surface area contributed by atoms with E-state index in [0.717, 1.165) is 32.1 Å². The fraction of sp³-hybridized carbons (Fsp3) is 0.917. The van der Waals surface area contributed by atoms with Crippen LogP contribution in [0.2, 0.25) is 0 Å². The third-order valence-corrected chi connectivity index (χ3v) is 1.92. The Morgan fingerprint density at radius 2 is 1.81 bits per heavy atom. The molecule has 0 unspecified atom stereocenters. The minimum Gasteiger partial charge on any atom is -0.550 e. The summed E-state index contributed by atoms with van der Waals surface area (Å²) < 4.78 is 0. The van der Waals surface area contributed by atoms with Crippen LogP contribution in [0, 0.1) is 5.92 Å². The van der Waals surface area contributed by atoms with Crippen molar-refractivity contribution in [2.24, 2.45) is 5.92 Å². The van der Waals surface area contributed by atoms with Gasteiger partial charge in [0, 0.05) is 12.6 Å². The summed E-state index contributed by atoms with van der Waals surface area (Å²) in [7, 11) is 0. The van der Waals surface area contributed by atoms with Crippen LogP contribution in [0.15, 0.2) is 0 Å². The fourth-order valence-electron chi connectivity index (χ4n) is 0.980. The molecule has 0 fully saturated rings. The molecule has 3 nitrogen and oxygen atoms in total. The molecule has 0 saturated heterocycles. The number of carboxylic acids is 1. The number of carbonyl (C=O) groups excluding carboxylic acids is 1. The van der Waals surface area contributed by atoms with Gasteiger partial charge in [-0.15, -0.1) is 0 Å². The van der Waals surface area contributed by atoms with Crippen molar-refractivity contribution in [3.05, 3.63) is 0 Å². The molecule has 0 aliphatic heterocycles. The Hall–Kier alpha value is 1.07. The molecule has 0 radical (unpaired) electrons. The largest absolute Gasteiger partial charge is 1.00 e. The number of carboxylic acid groups (broad SMARTS) is 1. The van der Waals surface area contributed by atoms with Crippen LogP contribution >= 0.6 is 0 Å². The minimum atomic E-state index is -0.927. The molecular formula is C12H25KO3. The van der Waals surface area contributed by atoms with Crippen molar-refractivity contribution in [1.29, 1.82) is 0 Å². The molecule has 0 aliphatic rings. The van der Waals surface area contributed by atoms with Gasteiger partial charge in [-0.2, -0.15) is 0 Å². The van der Waals surface area contributed by atoms with E-state index in [1.165, 1.54) is 0 Å². The van der Waals surface area contributed by atoms with E-state index in [4.69, 9.17) is 5.11 Å². The molecule has 0 spiro atoms. The van der Waals surface area contributed by atoms with E-state index < -0.39 is 5.97 Å².